The molecule has 1 aliphatic carbocycles. The van der Waals surface area contributed by atoms with Gasteiger partial charge in [0.15, 0.2) is 0 Å². The number of nitrogens with two attached hydrogens (primary N) is 1. The summed E-state index contributed by atoms with van der Waals surface area (Å²) in [5.41, 5.74) is 7.31. The molecule has 1 fully saturated rings. The van der Waals surface area contributed by atoms with E-state index in [-0.39, 0.29) is 6.04 Å². The van der Waals surface area contributed by atoms with Gasteiger partial charge < -0.3 is 5.73 Å². The van der Waals surface area contributed by atoms with Crippen LogP contribution < -0.4 is 10.5 Å². The minimum Gasteiger partial charge on any atom is -0.326 e. The summed E-state index contributed by atoms with van der Waals surface area (Å²) in [5.74, 6) is 0.512. The van der Waals surface area contributed by atoms with Crippen molar-refractivity contribution in [3.05, 3.63) is 29.3 Å². The van der Waals surface area contributed by atoms with E-state index >= 15 is 0 Å². The Hall–Kier alpha value is -0.910. The Labute approximate surface area is 121 Å². The Bertz CT molecular complexity index is 569. The molecule has 0 saturated heterocycles. The largest absolute Gasteiger partial charge is 0.326 e. The fourth-order valence-corrected chi connectivity index (χ4v) is 4.29. The van der Waals surface area contributed by atoms with Gasteiger partial charge in [-0.05, 0) is 42.4 Å². The van der Waals surface area contributed by atoms with Gasteiger partial charge in [-0.2, -0.15) is 0 Å². The van der Waals surface area contributed by atoms with Gasteiger partial charge in [0.05, 0.1) is 4.90 Å². The van der Waals surface area contributed by atoms with Gasteiger partial charge in [0.1, 0.15) is 0 Å². The van der Waals surface area contributed by atoms with Gasteiger partial charge in [-0.15, -0.1) is 0 Å². The third-order valence-corrected chi connectivity index (χ3v) is 5.50. The van der Waals surface area contributed by atoms with Crippen LogP contribution in [0.4, 0.5) is 0 Å². The average Bonchev–Trinajstić information content (AvgIpc) is 3.15. The SMILES string of the molecule is CCCC1CC1NS(=O)(=O)c1cc(CN)ccc1CC. The summed E-state index contributed by atoms with van der Waals surface area (Å²) < 4.78 is 27.9. The summed E-state index contributed by atoms with van der Waals surface area (Å²) in [6.07, 6.45) is 3.86. The van der Waals surface area contributed by atoms with Gasteiger partial charge >= 0.3 is 0 Å². The van der Waals surface area contributed by atoms with Gasteiger partial charge in [-0.3, -0.25) is 0 Å². The monoisotopic (exact) mass is 296 g/mol. The maximum absolute atomic E-state index is 12.5. The number of nitrogens with one attached hydrogen (secondary N) is 1. The average molecular weight is 296 g/mol. The fraction of sp³-hybridized carbons (Fsp3) is 0.600. The summed E-state index contributed by atoms with van der Waals surface area (Å²) in [6, 6.07) is 5.59. The molecule has 1 aromatic rings. The van der Waals surface area contributed by atoms with Crippen molar-refractivity contribution in [2.75, 3.05) is 0 Å². The molecule has 2 unspecified atom stereocenters. The van der Waals surface area contributed by atoms with Crippen molar-refractivity contribution in [2.45, 2.75) is 57.0 Å². The molecule has 2 atom stereocenters. The first kappa shape index (κ1) is 15.5. The molecular weight excluding hydrogens is 272 g/mol. The summed E-state index contributed by atoms with van der Waals surface area (Å²) >= 11 is 0. The predicted octanol–water partition coefficient (Wildman–Crippen LogP) is 2.17. The molecule has 2 rings (SSSR count). The second-order valence-electron chi connectivity index (χ2n) is 5.51. The van der Waals surface area contributed by atoms with Crippen LogP contribution in [0.5, 0.6) is 0 Å². The maximum Gasteiger partial charge on any atom is 0.241 e. The summed E-state index contributed by atoms with van der Waals surface area (Å²) in [6.45, 7) is 4.45. The Kier molecular flexibility index (Phi) is 4.83. The summed E-state index contributed by atoms with van der Waals surface area (Å²) in [5, 5.41) is 0. The first-order valence-electron chi connectivity index (χ1n) is 7.36. The van der Waals surface area contributed by atoms with Gasteiger partial charge in [0, 0.05) is 12.6 Å². The quantitative estimate of drug-likeness (QED) is 0.810. The van der Waals surface area contributed by atoms with E-state index in [9.17, 15) is 8.42 Å². The second-order valence-corrected chi connectivity index (χ2v) is 7.19. The lowest BCUT2D eigenvalue weighted by Gasteiger charge is -2.12. The van der Waals surface area contributed by atoms with Crippen LogP contribution >= 0.6 is 0 Å². The molecule has 1 aromatic carbocycles. The molecular formula is C15H24N2O2S. The van der Waals surface area contributed by atoms with Gasteiger partial charge in [0.2, 0.25) is 10.0 Å². The number of rotatable bonds is 7. The highest BCUT2D eigenvalue weighted by Crippen LogP contribution is 2.36. The molecule has 112 valence electrons. The Balaban J connectivity index is 2.20. The van der Waals surface area contributed by atoms with E-state index in [1.165, 1.54) is 0 Å². The number of hydrogen-bond acceptors (Lipinski definition) is 3. The van der Waals surface area contributed by atoms with E-state index in [0.29, 0.717) is 23.8 Å². The Morgan fingerprint density at radius 3 is 2.70 bits per heavy atom. The predicted molar refractivity (Wildman–Crippen MR) is 80.8 cm³/mol. The van der Waals surface area contributed by atoms with Crippen molar-refractivity contribution in [3.63, 3.8) is 0 Å². The molecule has 0 heterocycles. The van der Waals surface area contributed by atoms with Crippen molar-refractivity contribution < 1.29 is 8.42 Å². The zero-order valence-corrected chi connectivity index (χ0v) is 13.0. The molecule has 1 saturated carbocycles. The zero-order chi connectivity index (χ0) is 14.8. The lowest BCUT2D eigenvalue weighted by Crippen LogP contribution is -2.28. The van der Waals surface area contributed by atoms with Gasteiger partial charge in [-0.1, -0.05) is 32.4 Å². The topological polar surface area (TPSA) is 72.2 Å². The number of benzene rings is 1. The van der Waals surface area contributed by atoms with Crippen LogP contribution in [0.2, 0.25) is 0 Å². The van der Waals surface area contributed by atoms with E-state index in [4.69, 9.17) is 5.73 Å². The molecule has 5 heteroatoms. The van der Waals surface area contributed by atoms with Crippen LogP contribution in [0.25, 0.3) is 0 Å². The molecule has 0 bridgehead atoms. The minimum atomic E-state index is -3.43. The number of hydrogen-bond donors (Lipinski definition) is 2. The highest BCUT2D eigenvalue weighted by molar-refractivity contribution is 7.89. The third kappa shape index (κ3) is 3.40. The van der Waals surface area contributed by atoms with Crippen LogP contribution in [0.1, 0.15) is 44.2 Å². The van der Waals surface area contributed by atoms with Crippen LogP contribution in [0, 0.1) is 5.92 Å². The standard InChI is InChI=1S/C15H24N2O2S/c1-3-5-13-9-14(13)17-20(18,19)15-8-11(10-16)6-7-12(15)4-2/h6-8,13-14,17H,3-5,9-10,16H2,1-2H3. The van der Waals surface area contributed by atoms with E-state index in [2.05, 4.69) is 11.6 Å². The van der Waals surface area contributed by atoms with Crippen LogP contribution in [0.15, 0.2) is 23.1 Å². The number of sulfonamides is 1. The van der Waals surface area contributed by atoms with Gasteiger partial charge in [0.25, 0.3) is 0 Å². The van der Waals surface area contributed by atoms with Crippen molar-refractivity contribution in [3.8, 4) is 0 Å². The zero-order valence-electron chi connectivity index (χ0n) is 12.2. The summed E-state index contributed by atoms with van der Waals surface area (Å²) in [7, 11) is -3.43. The Morgan fingerprint density at radius 1 is 1.35 bits per heavy atom. The fourth-order valence-electron chi connectivity index (χ4n) is 2.61. The van der Waals surface area contributed by atoms with Crippen LogP contribution in [0.3, 0.4) is 0 Å². The molecule has 0 aromatic heterocycles. The molecule has 4 nitrogen and oxygen atoms in total. The number of aryl methyl sites for hydroxylation is 1. The molecule has 0 amide bonds. The first-order valence-corrected chi connectivity index (χ1v) is 8.84. The second kappa shape index (κ2) is 6.24. The molecule has 3 N–H and O–H groups in total. The molecule has 0 radical (unpaired) electrons. The third-order valence-electron chi connectivity index (χ3n) is 3.93. The van der Waals surface area contributed by atoms with Crippen LogP contribution in [-0.2, 0) is 23.0 Å². The van der Waals surface area contributed by atoms with Crippen molar-refractivity contribution in [2.24, 2.45) is 11.7 Å². The van der Waals surface area contributed by atoms with Crippen LogP contribution in [-0.4, -0.2) is 14.5 Å². The lowest BCUT2D eigenvalue weighted by molar-refractivity contribution is 0.572. The molecule has 1 aliphatic rings. The molecule has 0 aliphatic heterocycles. The minimum absolute atomic E-state index is 0.117. The molecule has 20 heavy (non-hydrogen) atoms. The maximum atomic E-state index is 12.5. The highest BCUT2D eigenvalue weighted by atomic mass is 32.2. The van der Waals surface area contributed by atoms with Crippen molar-refractivity contribution >= 4 is 10.0 Å². The smallest absolute Gasteiger partial charge is 0.241 e. The van der Waals surface area contributed by atoms with E-state index in [1.54, 1.807) is 6.07 Å². The Morgan fingerprint density at radius 2 is 2.10 bits per heavy atom. The highest BCUT2D eigenvalue weighted by Gasteiger charge is 2.39. The van der Waals surface area contributed by atoms with Gasteiger partial charge in [-0.25, -0.2) is 13.1 Å². The molecule has 0 spiro atoms. The van der Waals surface area contributed by atoms with E-state index in [0.717, 1.165) is 30.4 Å². The normalized spacial score (nSPS) is 21.9. The first-order chi connectivity index (χ1) is 9.51. The van der Waals surface area contributed by atoms with Crippen molar-refractivity contribution in [1.82, 2.24) is 4.72 Å². The van der Waals surface area contributed by atoms with E-state index < -0.39 is 10.0 Å². The van der Waals surface area contributed by atoms with Crippen molar-refractivity contribution in [1.29, 1.82) is 0 Å². The summed E-state index contributed by atoms with van der Waals surface area (Å²) in [4.78, 5) is 0.394. The van der Waals surface area contributed by atoms with E-state index in [1.807, 2.05) is 19.1 Å². The lowest BCUT2D eigenvalue weighted by atomic mass is 10.1.